The van der Waals surface area contributed by atoms with E-state index in [1.807, 2.05) is 48.5 Å². The summed E-state index contributed by atoms with van der Waals surface area (Å²) in [5, 5.41) is 10.9. The van der Waals surface area contributed by atoms with E-state index in [1.54, 1.807) is 23.8 Å². The highest BCUT2D eigenvalue weighted by molar-refractivity contribution is 5.63. The Hall–Kier alpha value is -4.07. The molecule has 31 heavy (non-hydrogen) atoms. The maximum absolute atomic E-state index is 10.9. The van der Waals surface area contributed by atoms with Gasteiger partial charge in [0, 0.05) is 24.2 Å². The number of ether oxygens (including phenoxy) is 3. The van der Waals surface area contributed by atoms with E-state index in [0.717, 1.165) is 34.9 Å². The van der Waals surface area contributed by atoms with Crippen molar-refractivity contribution in [2.24, 2.45) is 0 Å². The Morgan fingerprint density at radius 3 is 2.10 bits per heavy atom. The van der Waals surface area contributed by atoms with Crippen molar-refractivity contribution in [2.45, 2.75) is 6.42 Å². The molecule has 0 aliphatic heterocycles. The number of methoxy groups -OCH3 is 1. The van der Waals surface area contributed by atoms with E-state index >= 15 is 0 Å². The quantitative estimate of drug-likeness (QED) is 0.221. The summed E-state index contributed by atoms with van der Waals surface area (Å²) in [6.45, 7) is 1.09. The lowest BCUT2D eigenvalue weighted by atomic mass is 10.2. The summed E-state index contributed by atoms with van der Waals surface area (Å²) in [7, 11) is 1.63. The van der Waals surface area contributed by atoms with Gasteiger partial charge >= 0.3 is 0 Å². The van der Waals surface area contributed by atoms with Crippen LogP contribution >= 0.6 is 0 Å². The molecule has 0 aliphatic rings. The average Bonchev–Trinajstić information content (AvgIpc) is 3.23. The van der Waals surface area contributed by atoms with Crippen LogP contribution in [0.5, 0.6) is 17.2 Å². The number of rotatable bonds is 9. The van der Waals surface area contributed by atoms with E-state index in [9.17, 15) is 10.1 Å². The van der Waals surface area contributed by atoms with E-state index in [-0.39, 0.29) is 5.69 Å². The molecule has 0 fully saturated rings. The molecule has 4 rings (SSSR count). The molecule has 0 amide bonds. The van der Waals surface area contributed by atoms with Gasteiger partial charge in [0.1, 0.15) is 22.9 Å². The van der Waals surface area contributed by atoms with E-state index in [0.29, 0.717) is 18.9 Å². The maximum Gasteiger partial charge on any atom is 0.286 e. The van der Waals surface area contributed by atoms with Gasteiger partial charge in [0.15, 0.2) is 0 Å². The van der Waals surface area contributed by atoms with Crippen molar-refractivity contribution >= 4 is 11.3 Å². The predicted molar refractivity (Wildman–Crippen MR) is 116 cm³/mol. The van der Waals surface area contributed by atoms with Crippen LogP contribution in [-0.2, 0) is 0 Å². The normalized spacial score (nSPS) is 10.7. The molecule has 0 N–H and O–H groups in total. The molecule has 4 aromatic rings. The van der Waals surface area contributed by atoms with Gasteiger partial charge in [-0.15, -0.1) is 0 Å². The molecule has 158 valence electrons. The zero-order chi connectivity index (χ0) is 21.6. The molecule has 0 unspecified atom stereocenters. The van der Waals surface area contributed by atoms with Crippen molar-refractivity contribution in [3.05, 3.63) is 83.2 Å². The first-order valence-electron chi connectivity index (χ1n) is 9.75. The third kappa shape index (κ3) is 4.92. The number of fused-ring (bicyclic) bond motifs is 1. The Balaban J connectivity index is 1.29. The number of hydrogen-bond acceptors (Lipinski definition) is 6. The van der Waals surface area contributed by atoms with Crippen LogP contribution in [0, 0.1) is 10.1 Å². The van der Waals surface area contributed by atoms with Crippen molar-refractivity contribution in [3.63, 3.8) is 0 Å². The second-order valence-corrected chi connectivity index (χ2v) is 6.79. The Bertz CT molecular complexity index is 1170. The van der Waals surface area contributed by atoms with Crippen LogP contribution in [0.2, 0.25) is 0 Å². The minimum atomic E-state index is -0.423. The second kappa shape index (κ2) is 9.17. The molecule has 0 bridgehead atoms. The number of imidazole rings is 1. The fourth-order valence-electron chi connectivity index (χ4n) is 3.06. The van der Waals surface area contributed by atoms with Crippen LogP contribution in [0.1, 0.15) is 6.42 Å². The van der Waals surface area contributed by atoms with Gasteiger partial charge in [-0.05, 0) is 54.6 Å². The zero-order valence-electron chi connectivity index (χ0n) is 16.9. The highest BCUT2D eigenvalue weighted by Crippen LogP contribution is 2.24. The number of hydrogen-bond donors (Lipinski definition) is 0. The highest BCUT2D eigenvalue weighted by atomic mass is 16.6. The molecule has 2 aromatic carbocycles. The number of pyridine rings is 1. The van der Waals surface area contributed by atoms with Crippen molar-refractivity contribution in [1.29, 1.82) is 0 Å². The van der Waals surface area contributed by atoms with E-state index in [2.05, 4.69) is 4.98 Å². The fourth-order valence-corrected chi connectivity index (χ4v) is 3.06. The van der Waals surface area contributed by atoms with Crippen molar-refractivity contribution in [1.82, 2.24) is 9.38 Å². The van der Waals surface area contributed by atoms with Crippen LogP contribution in [0.25, 0.3) is 16.9 Å². The smallest absolute Gasteiger partial charge is 0.286 e. The van der Waals surface area contributed by atoms with Gasteiger partial charge in [0.05, 0.1) is 37.1 Å². The van der Waals surface area contributed by atoms with Gasteiger partial charge in [0.2, 0.25) is 0 Å². The first-order chi connectivity index (χ1) is 15.1. The SMILES string of the molecule is COc1ccc(OCCCOc2ccc(-c3cn4cc([N+](=O)[O-])ccc4n3)cc2)cc1. The number of nitrogens with zero attached hydrogens (tertiary/aromatic N) is 3. The lowest BCUT2D eigenvalue weighted by Gasteiger charge is -2.09. The first-order valence-corrected chi connectivity index (χ1v) is 9.75. The lowest BCUT2D eigenvalue weighted by Crippen LogP contribution is -2.04. The predicted octanol–water partition coefficient (Wildman–Crippen LogP) is 4.77. The minimum Gasteiger partial charge on any atom is -0.497 e. The summed E-state index contributed by atoms with van der Waals surface area (Å²) in [6, 6.07) is 18.1. The third-order valence-corrected chi connectivity index (χ3v) is 4.68. The standard InChI is InChI=1S/C23H21N3O5/c1-29-19-8-10-21(11-9-19)31-14-2-13-30-20-6-3-17(4-7-20)22-16-25-15-18(26(27)28)5-12-23(25)24-22/h3-12,15-16H,2,13-14H2,1H3. The number of nitro groups is 1. The molecular weight excluding hydrogens is 398 g/mol. The zero-order valence-corrected chi connectivity index (χ0v) is 16.9. The molecule has 0 spiro atoms. The van der Waals surface area contributed by atoms with Gasteiger partial charge in [-0.25, -0.2) is 4.98 Å². The van der Waals surface area contributed by atoms with Crippen LogP contribution in [0.15, 0.2) is 73.1 Å². The van der Waals surface area contributed by atoms with Gasteiger partial charge in [0.25, 0.3) is 5.69 Å². The van der Waals surface area contributed by atoms with Gasteiger partial charge < -0.3 is 14.2 Å². The Kier molecular flexibility index (Phi) is 5.98. The topological polar surface area (TPSA) is 88.1 Å². The number of aromatic nitrogens is 2. The van der Waals surface area contributed by atoms with Crippen molar-refractivity contribution < 1.29 is 19.1 Å². The summed E-state index contributed by atoms with van der Waals surface area (Å²) in [6.07, 6.45) is 3.98. The first kappa shape index (κ1) is 20.2. The Morgan fingerprint density at radius 1 is 0.871 bits per heavy atom. The van der Waals surface area contributed by atoms with Crippen molar-refractivity contribution in [3.8, 4) is 28.5 Å². The van der Waals surface area contributed by atoms with Gasteiger partial charge in [-0.2, -0.15) is 0 Å². The van der Waals surface area contributed by atoms with Crippen molar-refractivity contribution in [2.75, 3.05) is 20.3 Å². The molecule has 0 saturated carbocycles. The summed E-state index contributed by atoms with van der Waals surface area (Å²) in [5.74, 6) is 2.35. The molecule has 0 radical (unpaired) electrons. The molecule has 2 aromatic heterocycles. The Morgan fingerprint density at radius 2 is 1.48 bits per heavy atom. The van der Waals surface area contributed by atoms with Crippen LogP contribution in [0.3, 0.4) is 0 Å². The lowest BCUT2D eigenvalue weighted by molar-refractivity contribution is -0.385. The largest absolute Gasteiger partial charge is 0.497 e. The molecule has 8 nitrogen and oxygen atoms in total. The summed E-state index contributed by atoms with van der Waals surface area (Å²) < 4.78 is 18.2. The highest BCUT2D eigenvalue weighted by Gasteiger charge is 2.10. The van der Waals surface area contributed by atoms with E-state index < -0.39 is 4.92 Å². The van der Waals surface area contributed by atoms with E-state index in [1.165, 1.54) is 12.3 Å². The third-order valence-electron chi connectivity index (χ3n) is 4.68. The van der Waals surface area contributed by atoms with Crippen LogP contribution in [-0.4, -0.2) is 34.6 Å². The average molecular weight is 419 g/mol. The monoisotopic (exact) mass is 419 g/mol. The Labute approximate surface area is 178 Å². The molecule has 0 saturated heterocycles. The van der Waals surface area contributed by atoms with Gasteiger partial charge in [-0.1, -0.05) is 0 Å². The van der Waals surface area contributed by atoms with Gasteiger partial charge in [-0.3, -0.25) is 14.5 Å². The maximum atomic E-state index is 10.9. The fraction of sp³-hybridized carbons (Fsp3) is 0.174. The van der Waals surface area contributed by atoms with E-state index in [4.69, 9.17) is 14.2 Å². The number of benzene rings is 2. The summed E-state index contributed by atoms with van der Waals surface area (Å²) >= 11 is 0. The summed E-state index contributed by atoms with van der Waals surface area (Å²) in [4.78, 5) is 15.0. The molecule has 0 atom stereocenters. The second-order valence-electron chi connectivity index (χ2n) is 6.79. The molecular formula is C23H21N3O5. The van der Waals surface area contributed by atoms with Crippen LogP contribution < -0.4 is 14.2 Å². The minimum absolute atomic E-state index is 0.0242. The molecule has 8 heteroatoms. The molecule has 2 heterocycles. The molecule has 0 aliphatic carbocycles. The van der Waals surface area contributed by atoms with Crippen LogP contribution in [0.4, 0.5) is 5.69 Å². The summed E-state index contributed by atoms with van der Waals surface area (Å²) in [5.41, 5.74) is 2.32.